The molecule has 0 aliphatic heterocycles. The first-order valence-corrected chi connectivity index (χ1v) is 6.03. The third kappa shape index (κ3) is 2.87. The molecule has 1 aromatic heterocycles. The minimum Gasteiger partial charge on any atom is -0.348 e. The predicted molar refractivity (Wildman–Crippen MR) is 70.0 cm³/mol. The van der Waals surface area contributed by atoms with Crippen LogP contribution in [0.1, 0.15) is 29.9 Å². The molecule has 2 N–H and O–H groups in total. The van der Waals surface area contributed by atoms with Crippen molar-refractivity contribution in [1.29, 1.82) is 0 Å². The third-order valence-electron chi connectivity index (χ3n) is 2.88. The van der Waals surface area contributed by atoms with Gasteiger partial charge in [-0.05, 0) is 25.5 Å². The van der Waals surface area contributed by atoms with E-state index >= 15 is 0 Å². The number of halogens is 1. The normalized spacial score (nSPS) is 12.6. The molecule has 0 spiro atoms. The monoisotopic (exact) mass is 249 g/mol. The van der Waals surface area contributed by atoms with Crippen molar-refractivity contribution in [3.63, 3.8) is 0 Å². The second-order valence-electron chi connectivity index (χ2n) is 4.10. The van der Waals surface area contributed by atoms with Gasteiger partial charge < -0.3 is 10.3 Å². The van der Waals surface area contributed by atoms with Crippen LogP contribution in [0, 0.1) is 6.92 Å². The van der Waals surface area contributed by atoms with Crippen molar-refractivity contribution >= 4 is 11.6 Å². The summed E-state index contributed by atoms with van der Waals surface area (Å²) < 4.78 is 0. The molecule has 0 unspecified atom stereocenters. The number of hydrogen-bond donors (Lipinski definition) is 2. The van der Waals surface area contributed by atoms with Gasteiger partial charge in [0.15, 0.2) is 0 Å². The lowest BCUT2D eigenvalue weighted by Crippen LogP contribution is -2.19. The number of imidazole rings is 1. The molecule has 1 heterocycles. The average Bonchev–Trinajstić information content (AvgIpc) is 2.72. The highest BCUT2D eigenvalue weighted by Crippen LogP contribution is 2.22. The number of rotatable bonds is 4. The van der Waals surface area contributed by atoms with Crippen LogP contribution in [0.2, 0.25) is 5.02 Å². The van der Waals surface area contributed by atoms with Gasteiger partial charge in [-0.1, -0.05) is 29.8 Å². The zero-order valence-corrected chi connectivity index (χ0v) is 10.8. The predicted octanol–water partition coefficient (Wildman–Crippen LogP) is 3.22. The fourth-order valence-electron chi connectivity index (χ4n) is 1.75. The Bertz CT molecular complexity index is 493. The Hall–Kier alpha value is -1.32. The first-order valence-electron chi connectivity index (χ1n) is 5.65. The van der Waals surface area contributed by atoms with Gasteiger partial charge >= 0.3 is 0 Å². The Morgan fingerprint density at radius 2 is 2.18 bits per heavy atom. The van der Waals surface area contributed by atoms with E-state index < -0.39 is 0 Å². The Balaban J connectivity index is 2.01. The number of nitrogens with zero attached hydrogens (tertiary/aromatic N) is 1. The van der Waals surface area contributed by atoms with E-state index in [1.165, 1.54) is 0 Å². The molecular formula is C13H16ClN3. The maximum absolute atomic E-state index is 6.15. The first-order chi connectivity index (χ1) is 8.18. The second-order valence-corrected chi connectivity index (χ2v) is 4.51. The van der Waals surface area contributed by atoms with Crippen LogP contribution in [0.25, 0.3) is 0 Å². The molecular weight excluding hydrogens is 234 g/mol. The Morgan fingerprint density at radius 3 is 2.82 bits per heavy atom. The summed E-state index contributed by atoms with van der Waals surface area (Å²) in [5.74, 6) is 0. The fourth-order valence-corrected chi connectivity index (χ4v) is 2.05. The molecule has 90 valence electrons. The van der Waals surface area contributed by atoms with E-state index in [2.05, 4.69) is 22.2 Å². The maximum atomic E-state index is 6.15. The molecule has 3 nitrogen and oxygen atoms in total. The molecule has 17 heavy (non-hydrogen) atoms. The molecule has 0 aliphatic carbocycles. The molecule has 4 heteroatoms. The van der Waals surface area contributed by atoms with Gasteiger partial charge in [0.25, 0.3) is 0 Å². The topological polar surface area (TPSA) is 40.7 Å². The summed E-state index contributed by atoms with van der Waals surface area (Å²) in [4.78, 5) is 7.32. The number of H-pyrrole nitrogens is 1. The molecule has 2 aromatic rings. The van der Waals surface area contributed by atoms with Gasteiger partial charge in [-0.3, -0.25) is 0 Å². The van der Waals surface area contributed by atoms with Crippen LogP contribution in [0.3, 0.4) is 0 Å². The van der Waals surface area contributed by atoms with Crippen LogP contribution in [0.4, 0.5) is 0 Å². The number of hydrogen-bond acceptors (Lipinski definition) is 2. The summed E-state index contributed by atoms with van der Waals surface area (Å²) in [5, 5.41) is 4.21. The van der Waals surface area contributed by atoms with E-state index in [1.807, 2.05) is 31.2 Å². The van der Waals surface area contributed by atoms with Gasteiger partial charge in [0, 0.05) is 23.3 Å². The lowest BCUT2D eigenvalue weighted by molar-refractivity contribution is 0.567. The van der Waals surface area contributed by atoms with E-state index in [4.69, 9.17) is 11.6 Å². The van der Waals surface area contributed by atoms with Crippen LogP contribution in [0.5, 0.6) is 0 Å². The lowest BCUT2D eigenvalue weighted by Gasteiger charge is -2.15. The third-order valence-corrected chi connectivity index (χ3v) is 3.23. The van der Waals surface area contributed by atoms with Gasteiger partial charge in [0.2, 0.25) is 0 Å². The summed E-state index contributed by atoms with van der Waals surface area (Å²) in [5.41, 5.74) is 3.26. The number of aromatic nitrogens is 2. The quantitative estimate of drug-likeness (QED) is 0.874. The van der Waals surface area contributed by atoms with Crippen LogP contribution in [-0.2, 0) is 6.54 Å². The van der Waals surface area contributed by atoms with E-state index in [-0.39, 0.29) is 6.04 Å². The van der Waals surface area contributed by atoms with Gasteiger partial charge in [0.05, 0.1) is 12.0 Å². The van der Waals surface area contributed by atoms with Crippen molar-refractivity contribution in [2.45, 2.75) is 26.4 Å². The van der Waals surface area contributed by atoms with Crippen molar-refractivity contribution in [2.75, 3.05) is 0 Å². The van der Waals surface area contributed by atoms with Gasteiger partial charge in [-0.2, -0.15) is 0 Å². The summed E-state index contributed by atoms with van der Waals surface area (Å²) in [6.07, 6.45) is 1.71. The molecule has 0 aliphatic rings. The summed E-state index contributed by atoms with van der Waals surface area (Å²) in [6, 6.07) is 8.10. The molecule has 0 saturated carbocycles. The van der Waals surface area contributed by atoms with E-state index in [0.717, 1.165) is 28.5 Å². The second kappa shape index (κ2) is 5.34. The number of aryl methyl sites for hydroxylation is 1. The van der Waals surface area contributed by atoms with Crippen LogP contribution >= 0.6 is 11.6 Å². The first kappa shape index (κ1) is 12.1. The maximum Gasteiger partial charge on any atom is 0.0925 e. The summed E-state index contributed by atoms with van der Waals surface area (Å²) in [7, 11) is 0. The highest BCUT2D eigenvalue weighted by Gasteiger charge is 2.09. The lowest BCUT2D eigenvalue weighted by atomic mass is 10.1. The van der Waals surface area contributed by atoms with Gasteiger partial charge in [-0.15, -0.1) is 0 Å². The standard InChI is InChI=1S/C13H16ClN3/c1-9(11-5-3-4-6-12(11)14)15-7-13-10(2)16-8-17-13/h3-6,8-9,15H,7H2,1-2H3,(H,16,17)/t9-/m0/s1. The zero-order chi connectivity index (χ0) is 12.3. The van der Waals surface area contributed by atoms with Crippen LogP contribution in [-0.4, -0.2) is 9.97 Å². The van der Waals surface area contributed by atoms with Crippen molar-refractivity contribution in [3.05, 3.63) is 52.6 Å². The van der Waals surface area contributed by atoms with Crippen molar-refractivity contribution in [1.82, 2.24) is 15.3 Å². The summed E-state index contributed by atoms with van der Waals surface area (Å²) >= 11 is 6.15. The van der Waals surface area contributed by atoms with Crippen molar-refractivity contribution in [3.8, 4) is 0 Å². The van der Waals surface area contributed by atoms with E-state index in [0.29, 0.717) is 0 Å². The minimum atomic E-state index is 0.208. The number of aromatic amines is 1. The Morgan fingerprint density at radius 1 is 1.41 bits per heavy atom. The van der Waals surface area contributed by atoms with Crippen LogP contribution < -0.4 is 5.32 Å². The molecule has 0 bridgehead atoms. The summed E-state index contributed by atoms with van der Waals surface area (Å²) in [6.45, 7) is 4.86. The molecule has 0 amide bonds. The Labute approximate surface area is 106 Å². The highest BCUT2D eigenvalue weighted by molar-refractivity contribution is 6.31. The molecule has 0 radical (unpaired) electrons. The van der Waals surface area contributed by atoms with Crippen molar-refractivity contribution < 1.29 is 0 Å². The van der Waals surface area contributed by atoms with E-state index in [1.54, 1.807) is 6.33 Å². The van der Waals surface area contributed by atoms with Gasteiger partial charge in [0.1, 0.15) is 0 Å². The number of nitrogens with one attached hydrogen (secondary N) is 2. The minimum absolute atomic E-state index is 0.208. The molecule has 0 fully saturated rings. The average molecular weight is 250 g/mol. The zero-order valence-electron chi connectivity index (χ0n) is 10.00. The van der Waals surface area contributed by atoms with Gasteiger partial charge in [-0.25, -0.2) is 4.98 Å². The molecule has 2 rings (SSSR count). The Kier molecular flexibility index (Phi) is 3.82. The molecule has 1 aromatic carbocycles. The fraction of sp³-hybridized carbons (Fsp3) is 0.308. The SMILES string of the molecule is Cc1[nH]cnc1CN[C@@H](C)c1ccccc1Cl. The number of benzene rings is 1. The van der Waals surface area contributed by atoms with Crippen LogP contribution in [0.15, 0.2) is 30.6 Å². The molecule has 1 atom stereocenters. The highest BCUT2D eigenvalue weighted by atomic mass is 35.5. The largest absolute Gasteiger partial charge is 0.348 e. The molecule has 0 saturated heterocycles. The van der Waals surface area contributed by atoms with E-state index in [9.17, 15) is 0 Å². The van der Waals surface area contributed by atoms with Crippen molar-refractivity contribution in [2.24, 2.45) is 0 Å². The smallest absolute Gasteiger partial charge is 0.0925 e.